The first-order chi connectivity index (χ1) is 16.1. The van der Waals surface area contributed by atoms with Crippen molar-refractivity contribution < 1.29 is 4.79 Å². The number of carbonyl (C=O) groups excluding carboxylic acids is 1. The molecule has 1 aliphatic carbocycles. The maximum atomic E-state index is 13.4. The van der Waals surface area contributed by atoms with Crippen molar-refractivity contribution in [2.24, 2.45) is 0 Å². The Labute approximate surface area is 199 Å². The van der Waals surface area contributed by atoms with Crippen molar-refractivity contribution in [2.45, 2.75) is 65.8 Å². The van der Waals surface area contributed by atoms with Crippen LogP contribution in [0, 0.1) is 6.92 Å². The van der Waals surface area contributed by atoms with E-state index in [1.165, 1.54) is 16.7 Å². The van der Waals surface area contributed by atoms with Gasteiger partial charge in [-0.1, -0.05) is 100.0 Å². The van der Waals surface area contributed by atoms with Crippen molar-refractivity contribution in [3.8, 4) is 0 Å². The predicted molar refractivity (Wildman–Crippen MR) is 141 cm³/mol. The van der Waals surface area contributed by atoms with Gasteiger partial charge in [0.2, 0.25) is 0 Å². The molecule has 0 spiro atoms. The molecule has 172 valence electrons. The van der Waals surface area contributed by atoms with Gasteiger partial charge in [-0.15, -0.1) is 0 Å². The molecule has 0 bridgehead atoms. The second kappa shape index (κ2) is 11.1. The first kappa shape index (κ1) is 24.5. The van der Waals surface area contributed by atoms with E-state index in [1.54, 1.807) is 0 Å². The highest BCUT2D eigenvalue weighted by Crippen LogP contribution is 2.51. The number of benzene rings is 3. The smallest absolute Gasteiger partial charge is 0.165 e. The van der Waals surface area contributed by atoms with Gasteiger partial charge in [-0.05, 0) is 43.0 Å². The Morgan fingerprint density at radius 2 is 1.48 bits per heavy atom. The van der Waals surface area contributed by atoms with Crippen molar-refractivity contribution in [3.05, 3.63) is 107 Å². The molecule has 1 fully saturated rings. The average molecular weight is 440 g/mol. The molecule has 0 aliphatic heterocycles. The fourth-order valence-electron chi connectivity index (χ4n) is 4.43. The summed E-state index contributed by atoms with van der Waals surface area (Å²) in [6, 6.07) is 27.4. The molecule has 1 saturated carbocycles. The first-order valence-corrected chi connectivity index (χ1v) is 12.4. The van der Waals surface area contributed by atoms with Crippen LogP contribution in [0.15, 0.2) is 85.1 Å². The van der Waals surface area contributed by atoms with E-state index in [-0.39, 0.29) is 11.2 Å². The Hall–Kier alpha value is -3.13. The zero-order valence-corrected chi connectivity index (χ0v) is 20.8. The molecule has 3 aromatic carbocycles. The second-order valence-electron chi connectivity index (χ2n) is 8.42. The van der Waals surface area contributed by atoms with Gasteiger partial charge in [0.05, 0.1) is 5.52 Å². The molecule has 0 atom stereocenters. The van der Waals surface area contributed by atoms with Crippen LogP contribution in [0.3, 0.4) is 0 Å². The largest absolute Gasteiger partial charge is 0.342 e. The number of Topliss-reactive ketones (excluding diaryl/α,β-unsaturated/α-hetero) is 1. The molecule has 0 saturated heterocycles. The Morgan fingerprint density at radius 3 is 2.12 bits per heavy atom. The summed E-state index contributed by atoms with van der Waals surface area (Å²) >= 11 is 0. The number of rotatable bonds is 6. The van der Waals surface area contributed by atoms with Crippen LogP contribution in [-0.4, -0.2) is 10.4 Å². The van der Waals surface area contributed by atoms with Gasteiger partial charge < -0.3 is 4.57 Å². The Kier molecular flexibility index (Phi) is 8.27. The zero-order chi connectivity index (χ0) is 23.8. The topological polar surface area (TPSA) is 22.0 Å². The van der Waals surface area contributed by atoms with E-state index in [1.807, 2.05) is 45.9 Å². The molecule has 2 heteroatoms. The summed E-state index contributed by atoms with van der Waals surface area (Å²) in [6.07, 6.45) is 4.89. The van der Waals surface area contributed by atoms with Crippen molar-refractivity contribution in [3.63, 3.8) is 0 Å². The zero-order valence-electron chi connectivity index (χ0n) is 20.8. The number of carbonyl (C=O) groups is 1. The first-order valence-electron chi connectivity index (χ1n) is 12.4. The lowest BCUT2D eigenvalue weighted by Gasteiger charge is -2.16. The number of aromatic nitrogens is 1. The number of para-hydroxylation sites is 1. The minimum absolute atomic E-state index is 0.0315. The number of hydrogen-bond acceptors (Lipinski definition) is 1. The highest BCUT2D eigenvalue weighted by Gasteiger charge is 2.45. The molecular formula is C31H37NO. The number of hydrogen-bond donors (Lipinski definition) is 0. The fraction of sp³-hybridized carbons (Fsp3) is 0.323. The fourth-order valence-corrected chi connectivity index (χ4v) is 4.43. The monoisotopic (exact) mass is 439 g/mol. The maximum absolute atomic E-state index is 13.4. The molecule has 5 rings (SSSR count). The summed E-state index contributed by atoms with van der Waals surface area (Å²) in [5.74, 6) is 0.252. The van der Waals surface area contributed by atoms with Crippen LogP contribution < -0.4 is 0 Å². The van der Waals surface area contributed by atoms with E-state index in [4.69, 9.17) is 0 Å². The summed E-state index contributed by atoms with van der Waals surface area (Å²) in [5, 5.41) is 1.13. The number of aryl methyl sites for hydroxylation is 1. The van der Waals surface area contributed by atoms with E-state index in [2.05, 4.69) is 78.4 Å². The summed E-state index contributed by atoms with van der Waals surface area (Å²) < 4.78 is 2.21. The predicted octanol–water partition coefficient (Wildman–Crippen LogP) is 8.36. The minimum atomic E-state index is 0.0315. The van der Waals surface area contributed by atoms with Crippen molar-refractivity contribution in [1.29, 1.82) is 0 Å². The molecular weight excluding hydrogens is 402 g/mol. The lowest BCUT2D eigenvalue weighted by Crippen LogP contribution is -2.15. The average Bonchev–Trinajstić information content (AvgIpc) is 3.54. The lowest BCUT2D eigenvalue weighted by atomic mass is 9.88. The van der Waals surface area contributed by atoms with Crippen LogP contribution in [0.4, 0.5) is 0 Å². The third-order valence-electron chi connectivity index (χ3n) is 6.30. The van der Waals surface area contributed by atoms with E-state index in [0.717, 1.165) is 35.9 Å². The standard InChI is InChI=1S/C27H25NO.2C2H6/c1-20-10-12-23(13-11-20)27(15-16-27)18-25(29)24-9-5-8-22-14-17-28(26(22)24)19-21-6-3-2-4-7-21;2*1-2/h2-14,17H,15-16,18-19H2,1H3;2*1-2H3. The highest BCUT2D eigenvalue weighted by molar-refractivity contribution is 6.07. The summed E-state index contributed by atoms with van der Waals surface area (Å²) in [4.78, 5) is 13.4. The SMILES string of the molecule is CC.CC.Cc1ccc(C2(CC(=O)c3cccc4ccn(Cc5ccccc5)c34)CC2)cc1. The molecule has 1 heterocycles. The van der Waals surface area contributed by atoms with Gasteiger partial charge in [0.15, 0.2) is 5.78 Å². The van der Waals surface area contributed by atoms with Crippen molar-refractivity contribution in [2.75, 3.05) is 0 Å². The molecule has 1 aliphatic rings. The van der Waals surface area contributed by atoms with Crippen LogP contribution in [0.25, 0.3) is 10.9 Å². The molecule has 0 amide bonds. The molecule has 4 aromatic rings. The molecule has 1 aromatic heterocycles. The van der Waals surface area contributed by atoms with Crippen LogP contribution in [0.2, 0.25) is 0 Å². The van der Waals surface area contributed by atoms with Gasteiger partial charge in [-0.3, -0.25) is 4.79 Å². The Morgan fingerprint density at radius 1 is 0.818 bits per heavy atom. The summed E-state index contributed by atoms with van der Waals surface area (Å²) in [6.45, 7) is 10.9. The van der Waals surface area contributed by atoms with Crippen LogP contribution in [-0.2, 0) is 12.0 Å². The normalized spacial score (nSPS) is 13.4. The third-order valence-corrected chi connectivity index (χ3v) is 6.30. The van der Waals surface area contributed by atoms with Crippen molar-refractivity contribution >= 4 is 16.7 Å². The molecule has 2 nitrogen and oxygen atoms in total. The third kappa shape index (κ3) is 5.45. The van der Waals surface area contributed by atoms with Gasteiger partial charge in [0.25, 0.3) is 0 Å². The summed E-state index contributed by atoms with van der Waals surface area (Å²) in [7, 11) is 0. The van der Waals surface area contributed by atoms with Crippen molar-refractivity contribution in [1.82, 2.24) is 4.57 Å². The van der Waals surface area contributed by atoms with E-state index in [9.17, 15) is 4.79 Å². The van der Waals surface area contributed by atoms with Gasteiger partial charge in [-0.2, -0.15) is 0 Å². The number of ketones is 1. The minimum Gasteiger partial charge on any atom is -0.342 e. The van der Waals surface area contributed by atoms with Gasteiger partial charge in [-0.25, -0.2) is 0 Å². The van der Waals surface area contributed by atoms with Gasteiger partial charge >= 0.3 is 0 Å². The molecule has 0 unspecified atom stereocenters. The van der Waals surface area contributed by atoms with E-state index < -0.39 is 0 Å². The van der Waals surface area contributed by atoms with E-state index >= 15 is 0 Å². The Bertz CT molecular complexity index is 1160. The van der Waals surface area contributed by atoms with Gasteiger partial charge in [0, 0.05) is 35.5 Å². The van der Waals surface area contributed by atoms with Crippen LogP contribution in [0.5, 0.6) is 0 Å². The molecule has 33 heavy (non-hydrogen) atoms. The van der Waals surface area contributed by atoms with Gasteiger partial charge in [0.1, 0.15) is 0 Å². The number of nitrogens with zero attached hydrogens (tertiary/aromatic N) is 1. The molecule has 0 radical (unpaired) electrons. The maximum Gasteiger partial charge on any atom is 0.165 e. The highest BCUT2D eigenvalue weighted by atomic mass is 16.1. The second-order valence-corrected chi connectivity index (χ2v) is 8.42. The lowest BCUT2D eigenvalue weighted by molar-refractivity contribution is 0.0971. The van der Waals surface area contributed by atoms with Crippen LogP contribution >= 0.6 is 0 Å². The quantitative estimate of drug-likeness (QED) is 0.277. The molecule has 0 N–H and O–H groups in total. The Balaban J connectivity index is 0.000000728. The van der Waals surface area contributed by atoms with E-state index in [0.29, 0.717) is 6.42 Å². The van der Waals surface area contributed by atoms with Crippen LogP contribution in [0.1, 0.15) is 74.0 Å². The number of fused-ring (bicyclic) bond motifs is 1. The summed E-state index contributed by atoms with van der Waals surface area (Å²) in [5.41, 5.74) is 5.75.